The van der Waals surface area contributed by atoms with Crippen LogP contribution in [-0.4, -0.2) is 64.3 Å². The predicted octanol–water partition coefficient (Wildman–Crippen LogP) is 4.08. The van der Waals surface area contributed by atoms with Crippen LogP contribution in [0, 0.1) is 10.1 Å². The molecule has 0 saturated carbocycles. The van der Waals surface area contributed by atoms with Gasteiger partial charge in [0.2, 0.25) is 5.91 Å². The molecule has 3 aromatic rings. The quantitative estimate of drug-likeness (QED) is 0.356. The summed E-state index contributed by atoms with van der Waals surface area (Å²) in [4.78, 5) is 55.7. The molecule has 2 heterocycles. The molecule has 3 aromatic carbocycles. The smallest absolute Gasteiger partial charge is 0.269 e. The number of likely N-dealkylation sites (tertiary alicyclic amines) is 1. The lowest BCUT2D eigenvalue weighted by Gasteiger charge is -2.43. The summed E-state index contributed by atoms with van der Waals surface area (Å²) in [6.07, 6.45) is 1.71. The van der Waals surface area contributed by atoms with Gasteiger partial charge in [-0.3, -0.25) is 24.5 Å². The van der Waals surface area contributed by atoms with Crippen molar-refractivity contribution in [3.63, 3.8) is 0 Å². The van der Waals surface area contributed by atoms with Gasteiger partial charge in [0.05, 0.1) is 11.6 Å². The van der Waals surface area contributed by atoms with Crippen molar-refractivity contribution >= 4 is 34.8 Å². The molecular formula is C30H31N5O5. The molecule has 206 valence electrons. The standard InChI is InChI=1S/C30H31N5O5/c1-2-22-8-12-24(13-9-22)31-27(36)20-33-21-34(25-6-4-3-5-7-25)30(29(33)38)16-18-32(19-17-30)28(37)23-10-14-26(15-11-23)35(39)40/h3-15H,2,16-21H2,1H3,(H,31,36). The van der Waals surface area contributed by atoms with E-state index in [1.165, 1.54) is 29.8 Å². The van der Waals surface area contributed by atoms with Crippen molar-refractivity contribution < 1.29 is 19.3 Å². The van der Waals surface area contributed by atoms with Crippen LogP contribution < -0.4 is 10.2 Å². The van der Waals surface area contributed by atoms with Gasteiger partial charge in [-0.15, -0.1) is 0 Å². The molecular weight excluding hydrogens is 510 g/mol. The number of aryl methyl sites for hydroxylation is 1. The molecule has 2 aliphatic rings. The van der Waals surface area contributed by atoms with Crippen LogP contribution in [0.15, 0.2) is 78.9 Å². The summed E-state index contributed by atoms with van der Waals surface area (Å²) < 4.78 is 0. The van der Waals surface area contributed by atoms with Crippen molar-refractivity contribution in [2.45, 2.75) is 31.7 Å². The zero-order valence-corrected chi connectivity index (χ0v) is 22.3. The maximum absolute atomic E-state index is 13.9. The Morgan fingerprint density at radius 1 is 0.950 bits per heavy atom. The van der Waals surface area contributed by atoms with Gasteiger partial charge < -0.3 is 20.0 Å². The highest BCUT2D eigenvalue weighted by Gasteiger charge is 2.54. The first-order valence-electron chi connectivity index (χ1n) is 13.4. The van der Waals surface area contributed by atoms with Crippen molar-refractivity contribution in [3.8, 4) is 0 Å². The van der Waals surface area contributed by atoms with Crippen molar-refractivity contribution in [1.29, 1.82) is 0 Å². The summed E-state index contributed by atoms with van der Waals surface area (Å²) in [5.74, 6) is -0.629. The van der Waals surface area contributed by atoms with E-state index in [1.807, 2.05) is 59.5 Å². The second-order valence-corrected chi connectivity index (χ2v) is 10.1. The van der Waals surface area contributed by atoms with Gasteiger partial charge in [0.1, 0.15) is 12.1 Å². The number of nitro benzene ring substituents is 1. The summed E-state index contributed by atoms with van der Waals surface area (Å²) >= 11 is 0. The fraction of sp³-hybridized carbons (Fsp3) is 0.300. The maximum Gasteiger partial charge on any atom is 0.269 e. The number of hydrogen-bond acceptors (Lipinski definition) is 6. The number of nitrogens with zero attached hydrogens (tertiary/aromatic N) is 4. The summed E-state index contributed by atoms with van der Waals surface area (Å²) in [6.45, 7) is 2.94. The van der Waals surface area contributed by atoms with Gasteiger partial charge in [-0.05, 0) is 61.2 Å². The molecule has 1 spiro atoms. The average molecular weight is 542 g/mol. The lowest BCUT2D eigenvalue weighted by Crippen LogP contribution is -2.57. The topological polar surface area (TPSA) is 116 Å². The minimum absolute atomic E-state index is 0.0775. The van der Waals surface area contributed by atoms with Crippen LogP contribution in [0.5, 0.6) is 0 Å². The number of benzene rings is 3. The SMILES string of the molecule is CCc1ccc(NC(=O)CN2CN(c3ccccc3)C3(CCN(C(=O)c4ccc([N+](=O)[O-])cc4)CC3)C2=O)cc1. The molecule has 1 N–H and O–H groups in total. The minimum Gasteiger partial charge on any atom is -0.339 e. The Labute approximate surface area is 232 Å². The van der Waals surface area contributed by atoms with Crippen LogP contribution in [-0.2, 0) is 16.0 Å². The van der Waals surface area contributed by atoms with Gasteiger partial charge in [0, 0.05) is 42.2 Å². The number of para-hydroxylation sites is 1. The number of nitrogens with one attached hydrogen (secondary N) is 1. The molecule has 0 aromatic heterocycles. The number of piperidine rings is 1. The zero-order valence-electron chi connectivity index (χ0n) is 22.3. The number of rotatable bonds is 7. The largest absolute Gasteiger partial charge is 0.339 e. The number of nitro groups is 1. The molecule has 2 saturated heterocycles. The summed E-state index contributed by atoms with van der Waals surface area (Å²) in [5, 5.41) is 13.9. The minimum atomic E-state index is -0.878. The summed E-state index contributed by atoms with van der Waals surface area (Å²) in [6, 6.07) is 22.8. The summed E-state index contributed by atoms with van der Waals surface area (Å²) in [5.41, 5.74) is 2.14. The van der Waals surface area contributed by atoms with Crippen LogP contribution in [0.25, 0.3) is 0 Å². The van der Waals surface area contributed by atoms with Crippen LogP contribution >= 0.6 is 0 Å². The lowest BCUT2D eigenvalue weighted by atomic mass is 9.85. The number of anilines is 2. The van der Waals surface area contributed by atoms with E-state index in [4.69, 9.17) is 0 Å². The Morgan fingerprint density at radius 2 is 1.60 bits per heavy atom. The highest BCUT2D eigenvalue weighted by atomic mass is 16.6. The van der Waals surface area contributed by atoms with Crippen LogP contribution in [0.1, 0.15) is 35.7 Å². The maximum atomic E-state index is 13.9. The molecule has 2 aliphatic heterocycles. The molecule has 0 atom stereocenters. The van der Waals surface area contributed by atoms with E-state index >= 15 is 0 Å². The Kier molecular flexibility index (Phi) is 7.50. The highest BCUT2D eigenvalue weighted by Crippen LogP contribution is 2.39. The molecule has 10 heteroatoms. The van der Waals surface area contributed by atoms with Gasteiger partial charge in [-0.2, -0.15) is 0 Å². The third kappa shape index (κ3) is 5.25. The first kappa shape index (κ1) is 26.9. The molecule has 0 aliphatic carbocycles. The molecule has 3 amide bonds. The molecule has 5 rings (SSSR count). The van der Waals surface area contributed by atoms with Crippen LogP contribution in [0.4, 0.5) is 17.1 Å². The van der Waals surface area contributed by atoms with E-state index in [1.54, 1.807) is 9.80 Å². The number of carbonyl (C=O) groups is 3. The fourth-order valence-electron chi connectivity index (χ4n) is 5.51. The number of carbonyl (C=O) groups excluding carboxylic acids is 3. The predicted molar refractivity (Wildman–Crippen MR) is 151 cm³/mol. The Balaban J connectivity index is 1.31. The average Bonchev–Trinajstić information content (AvgIpc) is 3.24. The van der Waals surface area contributed by atoms with Crippen molar-refractivity contribution in [2.24, 2.45) is 0 Å². The molecule has 0 radical (unpaired) electrons. The Bertz CT molecular complexity index is 1400. The monoisotopic (exact) mass is 541 g/mol. The van der Waals surface area contributed by atoms with E-state index in [2.05, 4.69) is 12.2 Å². The fourth-order valence-corrected chi connectivity index (χ4v) is 5.51. The van der Waals surface area contributed by atoms with Crippen LogP contribution in [0.2, 0.25) is 0 Å². The van der Waals surface area contributed by atoms with E-state index in [9.17, 15) is 24.5 Å². The van der Waals surface area contributed by atoms with Gasteiger partial charge in [-0.25, -0.2) is 0 Å². The van der Waals surface area contributed by atoms with E-state index in [0.717, 1.165) is 12.1 Å². The molecule has 0 bridgehead atoms. The molecule has 10 nitrogen and oxygen atoms in total. The van der Waals surface area contributed by atoms with Crippen molar-refractivity contribution in [3.05, 3.63) is 100 Å². The molecule has 0 unspecified atom stereocenters. The summed E-state index contributed by atoms with van der Waals surface area (Å²) in [7, 11) is 0. The third-order valence-electron chi connectivity index (χ3n) is 7.77. The van der Waals surface area contributed by atoms with Crippen molar-refractivity contribution in [2.75, 3.05) is 36.5 Å². The number of hydrogen-bond donors (Lipinski definition) is 1. The molecule has 2 fully saturated rings. The number of non-ortho nitro benzene ring substituents is 1. The van der Waals surface area contributed by atoms with Crippen molar-refractivity contribution in [1.82, 2.24) is 9.80 Å². The van der Waals surface area contributed by atoms with E-state index in [0.29, 0.717) is 37.2 Å². The second kappa shape index (κ2) is 11.2. The van der Waals surface area contributed by atoms with Gasteiger partial charge in [0.15, 0.2) is 0 Å². The normalized spacial score (nSPS) is 16.3. The number of amides is 3. The first-order chi connectivity index (χ1) is 19.3. The van der Waals surface area contributed by atoms with E-state index < -0.39 is 10.5 Å². The van der Waals surface area contributed by atoms with Gasteiger partial charge in [-0.1, -0.05) is 37.3 Å². The Hall–Kier alpha value is -4.73. The van der Waals surface area contributed by atoms with E-state index in [-0.39, 0.29) is 36.6 Å². The van der Waals surface area contributed by atoms with Gasteiger partial charge >= 0.3 is 0 Å². The molecule has 40 heavy (non-hydrogen) atoms. The highest BCUT2D eigenvalue weighted by molar-refractivity contribution is 6.00. The van der Waals surface area contributed by atoms with Crippen LogP contribution in [0.3, 0.4) is 0 Å². The third-order valence-corrected chi connectivity index (χ3v) is 7.77. The lowest BCUT2D eigenvalue weighted by molar-refractivity contribution is -0.384. The van der Waals surface area contributed by atoms with Gasteiger partial charge in [0.25, 0.3) is 17.5 Å². The zero-order chi connectivity index (χ0) is 28.3. The second-order valence-electron chi connectivity index (χ2n) is 10.1. The Morgan fingerprint density at radius 3 is 2.20 bits per heavy atom. The first-order valence-corrected chi connectivity index (χ1v) is 13.4.